The van der Waals surface area contributed by atoms with Crippen molar-refractivity contribution < 1.29 is 14.4 Å². The van der Waals surface area contributed by atoms with Gasteiger partial charge in [-0.25, -0.2) is 14.5 Å². The second-order valence-corrected chi connectivity index (χ2v) is 6.82. The van der Waals surface area contributed by atoms with Crippen LogP contribution in [0.2, 0.25) is 0 Å². The van der Waals surface area contributed by atoms with Crippen molar-refractivity contribution in [2.45, 2.75) is 18.9 Å². The molecule has 2 N–H and O–H groups in total. The van der Waals surface area contributed by atoms with Crippen LogP contribution in [0.25, 0.3) is 5.82 Å². The van der Waals surface area contributed by atoms with Gasteiger partial charge in [-0.2, -0.15) is 5.10 Å². The monoisotopic (exact) mass is 404 g/mol. The fourth-order valence-electron chi connectivity index (χ4n) is 3.54. The van der Waals surface area contributed by atoms with Crippen molar-refractivity contribution in [3.05, 3.63) is 72.7 Å². The zero-order chi connectivity index (χ0) is 21.1. The molecule has 2 aromatic heterocycles. The molecule has 30 heavy (non-hydrogen) atoms. The van der Waals surface area contributed by atoms with Gasteiger partial charge in [0.1, 0.15) is 12.1 Å². The summed E-state index contributed by atoms with van der Waals surface area (Å²) in [6.45, 7) is 1.41. The molecule has 1 atom stereocenters. The van der Waals surface area contributed by atoms with Crippen LogP contribution in [-0.2, 0) is 15.1 Å². The van der Waals surface area contributed by atoms with Gasteiger partial charge in [-0.05, 0) is 30.2 Å². The van der Waals surface area contributed by atoms with E-state index < -0.39 is 29.9 Å². The summed E-state index contributed by atoms with van der Waals surface area (Å²) in [4.78, 5) is 43.6. The van der Waals surface area contributed by atoms with E-state index in [1.165, 1.54) is 4.68 Å². The van der Waals surface area contributed by atoms with Crippen LogP contribution in [0.1, 0.15) is 18.9 Å². The van der Waals surface area contributed by atoms with Gasteiger partial charge >= 0.3 is 6.03 Å². The van der Waals surface area contributed by atoms with E-state index in [0.717, 1.165) is 4.90 Å². The average molecular weight is 404 g/mol. The Kier molecular flexibility index (Phi) is 5.01. The highest BCUT2D eigenvalue weighted by Crippen LogP contribution is 2.32. The van der Waals surface area contributed by atoms with E-state index in [9.17, 15) is 14.4 Å². The lowest BCUT2D eigenvalue weighted by Gasteiger charge is -2.25. The molecule has 9 heteroatoms. The third-order valence-electron chi connectivity index (χ3n) is 5.06. The number of hydrogen-bond acceptors (Lipinski definition) is 5. The minimum Gasteiger partial charge on any atom is -0.321 e. The van der Waals surface area contributed by atoms with E-state index in [0.29, 0.717) is 23.5 Å². The smallest absolute Gasteiger partial charge is 0.321 e. The predicted molar refractivity (Wildman–Crippen MR) is 109 cm³/mol. The van der Waals surface area contributed by atoms with E-state index in [1.54, 1.807) is 61.1 Å². The molecular weight excluding hydrogens is 384 g/mol. The van der Waals surface area contributed by atoms with Crippen LogP contribution in [0, 0.1) is 0 Å². The molecular formula is C21H20N6O3. The quantitative estimate of drug-likeness (QED) is 0.611. The molecule has 1 aliphatic heterocycles. The van der Waals surface area contributed by atoms with E-state index in [2.05, 4.69) is 20.7 Å². The Morgan fingerprint density at radius 3 is 2.60 bits per heavy atom. The van der Waals surface area contributed by atoms with Crippen LogP contribution >= 0.6 is 0 Å². The van der Waals surface area contributed by atoms with Crippen molar-refractivity contribution in [3.8, 4) is 5.82 Å². The predicted octanol–water partition coefficient (Wildman–Crippen LogP) is 2.06. The van der Waals surface area contributed by atoms with E-state index >= 15 is 0 Å². The van der Waals surface area contributed by atoms with Crippen LogP contribution in [0.3, 0.4) is 0 Å². The minimum absolute atomic E-state index is 0.367. The number of carbonyl (C=O) groups is 3. The Morgan fingerprint density at radius 2 is 1.90 bits per heavy atom. The molecule has 4 rings (SSSR count). The second kappa shape index (κ2) is 7.78. The fourth-order valence-corrected chi connectivity index (χ4v) is 3.54. The maximum atomic E-state index is 13.1. The van der Waals surface area contributed by atoms with Crippen LogP contribution in [0.5, 0.6) is 0 Å². The second-order valence-electron chi connectivity index (χ2n) is 6.82. The number of amides is 4. The molecule has 0 bridgehead atoms. The summed E-state index contributed by atoms with van der Waals surface area (Å²) in [5.41, 5.74) is -0.0716. The topological polar surface area (TPSA) is 109 Å². The maximum Gasteiger partial charge on any atom is 0.325 e. The normalized spacial score (nSPS) is 18.4. The first-order valence-corrected chi connectivity index (χ1v) is 9.49. The number of pyridine rings is 1. The number of hydrogen-bond donors (Lipinski definition) is 2. The Bertz CT molecular complexity index is 1080. The highest BCUT2D eigenvalue weighted by atomic mass is 16.2. The third kappa shape index (κ3) is 3.30. The molecule has 9 nitrogen and oxygen atoms in total. The summed E-state index contributed by atoms with van der Waals surface area (Å²) in [6, 6.07) is 13.5. The number of anilines is 1. The summed E-state index contributed by atoms with van der Waals surface area (Å²) < 4.78 is 1.51. The molecule has 1 saturated heterocycles. The van der Waals surface area contributed by atoms with Crippen LogP contribution in [-0.4, -0.2) is 44.1 Å². The number of aromatic nitrogens is 3. The highest BCUT2D eigenvalue weighted by molar-refractivity contribution is 6.10. The van der Waals surface area contributed by atoms with Gasteiger partial charge < -0.3 is 10.6 Å². The highest BCUT2D eigenvalue weighted by Gasteiger charge is 2.51. The number of nitrogens with zero attached hydrogens (tertiary/aromatic N) is 4. The van der Waals surface area contributed by atoms with Gasteiger partial charge in [0.25, 0.3) is 5.91 Å². The number of imide groups is 1. The third-order valence-corrected chi connectivity index (χ3v) is 5.06. The van der Waals surface area contributed by atoms with Crippen molar-refractivity contribution in [1.82, 2.24) is 25.0 Å². The summed E-state index contributed by atoms with van der Waals surface area (Å²) in [5, 5.41) is 9.60. The Balaban J connectivity index is 1.54. The van der Waals surface area contributed by atoms with Crippen molar-refractivity contribution in [2.24, 2.45) is 0 Å². The summed E-state index contributed by atoms with van der Waals surface area (Å²) >= 11 is 0. The molecule has 4 amide bonds. The van der Waals surface area contributed by atoms with Gasteiger partial charge in [0.15, 0.2) is 5.82 Å². The average Bonchev–Trinajstić information content (AvgIpc) is 3.38. The number of rotatable bonds is 6. The molecule has 1 fully saturated rings. The fraction of sp³-hybridized carbons (Fsp3) is 0.190. The van der Waals surface area contributed by atoms with Crippen LogP contribution in [0.15, 0.2) is 67.1 Å². The zero-order valence-electron chi connectivity index (χ0n) is 16.3. The first kappa shape index (κ1) is 19.3. The largest absolute Gasteiger partial charge is 0.325 e. The van der Waals surface area contributed by atoms with Crippen LogP contribution < -0.4 is 10.6 Å². The first-order valence-electron chi connectivity index (χ1n) is 9.49. The maximum absolute atomic E-state index is 13.1. The lowest BCUT2D eigenvalue weighted by atomic mass is 9.87. The first-order chi connectivity index (χ1) is 14.5. The van der Waals surface area contributed by atoms with Crippen molar-refractivity contribution in [3.63, 3.8) is 0 Å². The summed E-state index contributed by atoms with van der Waals surface area (Å²) in [7, 11) is 0. The lowest BCUT2D eigenvalue weighted by molar-refractivity contribution is -0.134. The Hall–Kier alpha value is -4.01. The lowest BCUT2D eigenvalue weighted by Crippen LogP contribution is -2.44. The Morgan fingerprint density at radius 1 is 1.10 bits per heavy atom. The molecule has 3 heterocycles. The number of nitrogens with one attached hydrogen (secondary N) is 2. The molecule has 0 spiro atoms. The summed E-state index contributed by atoms with van der Waals surface area (Å²) in [6.07, 6.45) is 5.25. The van der Waals surface area contributed by atoms with E-state index in [-0.39, 0.29) is 0 Å². The van der Waals surface area contributed by atoms with Gasteiger partial charge in [0.2, 0.25) is 5.91 Å². The molecule has 0 saturated carbocycles. The SMILES string of the molecule is CCC1(c2ccccc2)NC(=O)N(CC(=O)Nc2cccnc2-n2cccn2)C1=O. The van der Waals surface area contributed by atoms with Crippen molar-refractivity contribution in [2.75, 3.05) is 11.9 Å². The van der Waals surface area contributed by atoms with Gasteiger partial charge in [-0.15, -0.1) is 0 Å². The Labute approximate surface area is 172 Å². The van der Waals surface area contributed by atoms with Gasteiger partial charge in [0, 0.05) is 18.6 Å². The molecule has 1 aromatic carbocycles. The van der Waals surface area contributed by atoms with E-state index in [1.807, 2.05) is 13.0 Å². The number of benzene rings is 1. The molecule has 0 aliphatic carbocycles. The molecule has 3 aromatic rings. The van der Waals surface area contributed by atoms with Crippen molar-refractivity contribution >= 4 is 23.5 Å². The van der Waals surface area contributed by atoms with E-state index in [4.69, 9.17) is 0 Å². The molecule has 152 valence electrons. The van der Waals surface area contributed by atoms with Gasteiger partial charge in [0.05, 0.1) is 5.69 Å². The number of carbonyl (C=O) groups excluding carboxylic acids is 3. The van der Waals surface area contributed by atoms with Gasteiger partial charge in [-0.1, -0.05) is 37.3 Å². The number of urea groups is 1. The molecule has 0 radical (unpaired) electrons. The molecule has 1 unspecified atom stereocenters. The van der Waals surface area contributed by atoms with Gasteiger partial charge in [-0.3, -0.25) is 14.5 Å². The van der Waals surface area contributed by atoms with Crippen LogP contribution in [0.4, 0.5) is 10.5 Å². The minimum atomic E-state index is -1.17. The zero-order valence-corrected chi connectivity index (χ0v) is 16.3. The molecule has 1 aliphatic rings. The standard InChI is InChI=1S/C21H20N6O3/c1-2-21(15-8-4-3-5-9-15)19(29)26(20(30)25-21)14-17(28)24-16-10-6-11-22-18(16)27-13-7-12-23-27/h3-13H,2,14H2,1H3,(H,24,28)(H,25,30). The van der Waals surface area contributed by atoms with Crippen molar-refractivity contribution in [1.29, 1.82) is 0 Å². The summed E-state index contributed by atoms with van der Waals surface area (Å²) in [5.74, 6) is -0.532.